The lowest BCUT2D eigenvalue weighted by Crippen LogP contribution is -2.51. The van der Waals surface area contributed by atoms with Gasteiger partial charge in [-0.05, 0) is 110 Å². The highest BCUT2D eigenvalue weighted by Crippen LogP contribution is 2.28. The average Bonchev–Trinajstić information content (AvgIpc) is 3.81. The summed E-state index contributed by atoms with van der Waals surface area (Å²) in [4.78, 5) is 44.1. The quantitative estimate of drug-likeness (QED) is 0.174. The molecule has 0 aliphatic carbocycles. The van der Waals surface area contributed by atoms with Gasteiger partial charge in [-0.1, -0.05) is 19.1 Å². The fraction of sp³-hybridized carbons (Fsp3) is 0.319. The van der Waals surface area contributed by atoms with Crippen LogP contribution in [0.1, 0.15) is 32.6 Å². The van der Waals surface area contributed by atoms with E-state index in [0.717, 1.165) is 113 Å². The highest BCUT2D eigenvalue weighted by atomic mass is 16.3. The van der Waals surface area contributed by atoms with Gasteiger partial charge in [0, 0.05) is 101 Å². The summed E-state index contributed by atoms with van der Waals surface area (Å²) in [5, 5.41) is 0. The van der Waals surface area contributed by atoms with Gasteiger partial charge < -0.3 is 23.5 Å². The zero-order chi connectivity index (χ0) is 40.9. The Balaban J connectivity index is 0.000000152. The number of oxazole rings is 2. The van der Waals surface area contributed by atoms with E-state index < -0.39 is 0 Å². The molecule has 2 fully saturated rings. The number of piperazine rings is 2. The summed E-state index contributed by atoms with van der Waals surface area (Å²) in [5.41, 5.74) is 10.7. The van der Waals surface area contributed by atoms with E-state index in [1.54, 1.807) is 20.9 Å². The molecule has 2 saturated heterocycles. The Hall–Kier alpha value is -6.24. The molecule has 302 valence electrons. The topological polar surface area (TPSA) is 108 Å². The fourth-order valence-corrected chi connectivity index (χ4v) is 8.55. The zero-order valence-electron chi connectivity index (χ0n) is 34.6. The minimum atomic E-state index is -0.0321. The molecule has 0 saturated carbocycles. The molecule has 0 N–H and O–H groups in total. The molecule has 12 nitrogen and oxygen atoms in total. The van der Waals surface area contributed by atoms with Crippen molar-refractivity contribution in [1.82, 2.24) is 28.6 Å². The molecule has 12 heteroatoms. The van der Waals surface area contributed by atoms with Gasteiger partial charge >= 0.3 is 0 Å². The van der Waals surface area contributed by atoms with Crippen molar-refractivity contribution < 1.29 is 8.83 Å². The first-order valence-electron chi connectivity index (χ1n) is 20.5. The third-order valence-corrected chi connectivity index (χ3v) is 12.1. The number of pyridine rings is 4. The predicted molar refractivity (Wildman–Crippen MR) is 236 cm³/mol. The van der Waals surface area contributed by atoms with Gasteiger partial charge in [0.05, 0.1) is 11.4 Å². The summed E-state index contributed by atoms with van der Waals surface area (Å²) in [6, 6.07) is 28.5. The summed E-state index contributed by atoms with van der Waals surface area (Å²) in [6.45, 7) is 17.4. The first kappa shape index (κ1) is 38.3. The van der Waals surface area contributed by atoms with E-state index in [4.69, 9.17) is 8.83 Å². The Labute approximate surface area is 342 Å². The lowest BCUT2D eigenvalue weighted by Gasteiger charge is -2.40. The largest absolute Gasteiger partial charge is 0.441 e. The van der Waals surface area contributed by atoms with Crippen molar-refractivity contribution in [2.24, 2.45) is 0 Å². The lowest BCUT2D eigenvalue weighted by molar-refractivity contribution is 0.199. The van der Waals surface area contributed by atoms with Crippen LogP contribution in [0.5, 0.6) is 0 Å². The van der Waals surface area contributed by atoms with Gasteiger partial charge in [-0.2, -0.15) is 0 Å². The molecule has 0 bridgehead atoms. The van der Waals surface area contributed by atoms with Crippen LogP contribution in [0.25, 0.3) is 55.5 Å². The Morgan fingerprint density at radius 2 is 1.08 bits per heavy atom. The SMILES string of the molecule is CCN1CCN(c2ccc3cc(-c4ccc5nc(C)oc5c4)cc(=O)n3c2)C[C@@H]1C.Cc1nc2ccc(-c3cc(=O)n4cc(N5CCN(C)[C@@H](C)C5)ccc4c3)cc2o1. The van der Waals surface area contributed by atoms with E-state index in [0.29, 0.717) is 23.9 Å². The first-order chi connectivity index (χ1) is 28.5. The van der Waals surface area contributed by atoms with Crippen LogP contribution in [-0.2, 0) is 0 Å². The molecule has 8 aromatic rings. The van der Waals surface area contributed by atoms with E-state index in [2.05, 4.69) is 69.5 Å². The Morgan fingerprint density at radius 3 is 1.56 bits per heavy atom. The maximum absolute atomic E-state index is 12.9. The third kappa shape index (κ3) is 7.61. The second kappa shape index (κ2) is 15.5. The highest BCUT2D eigenvalue weighted by Gasteiger charge is 2.23. The number of aromatic nitrogens is 4. The second-order valence-corrected chi connectivity index (χ2v) is 16.1. The molecular formula is C47H50N8O4. The molecule has 2 aliphatic rings. The monoisotopic (exact) mass is 790 g/mol. The van der Waals surface area contributed by atoms with Gasteiger partial charge in [0.15, 0.2) is 22.9 Å². The van der Waals surface area contributed by atoms with Crippen LogP contribution in [0.2, 0.25) is 0 Å². The zero-order valence-corrected chi connectivity index (χ0v) is 34.6. The van der Waals surface area contributed by atoms with E-state index in [1.807, 2.05) is 86.9 Å². The lowest BCUT2D eigenvalue weighted by atomic mass is 10.1. The molecule has 2 atom stereocenters. The van der Waals surface area contributed by atoms with Crippen molar-refractivity contribution in [2.75, 3.05) is 62.7 Å². The highest BCUT2D eigenvalue weighted by molar-refractivity contribution is 5.82. The predicted octanol–water partition coefficient (Wildman–Crippen LogP) is 7.50. The van der Waals surface area contributed by atoms with Crippen LogP contribution < -0.4 is 20.9 Å². The number of hydrogen-bond donors (Lipinski definition) is 0. The molecule has 0 radical (unpaired) electrons. The minimum absolute atomic E-state index is 0.0292. The Bertz CT molecular complexity index is 2960. The van der Waals surface area contributed by atoms with Crippen molar-refractivity contribution >= 4 is 44.6 Å². The molecule has 0 spiro atoms. The Kier molecular flexibility index (Phi) is 10.1. The van der Waals surface area contributed by atoms with E-state index in [1.165, 1.54) is 0 Å². The summed E-state index contributed by atoms with van der Waals surface area (Å²) in [6.07, 6.45) is 3.93. The number of anilines is 2. The van der Waals surface area contributed by atoms with Gasteiger partial charge in [0.2, 0.25) is 0 Å². The van der Waals surface area contributed by atoms with Crippen molar-refractivity contribution in [3.05, 3.63) is 130 Å². The number of rotatable bonds is 5. The van der Waals surface area contributed by atoms with Crippen LogP contribution in [0.15, 0.2) is 116 Å². The van der Waals surface area contributed by atoms with Crippen molar-refractivity contribution in [3.63, 3.8) is 0 Å². The number of likely N-dealkylation sites (N-methyl/N-ethyl adjacent to an activating group) is 2. The number of aryl methyl sites for hydroxylation is 2. The summed E-state index contributed by atoms with van der Waals surface area (Å²) in [5.74, 6) is 1.28. The average molecular weight is 791 g/mol. The molecule has 2 aliphatic heterocycles. The number of nitrogens with zero attached hydrogens (tertiary/aromatic N) is 8. The van der Waals surface area contributed by atoms with Crippen molar-refractivity contribution in [2.45, 2.75) is 46.7 Å². The Morgan fingerprint density at radius 1 is 0.593 bits per heavy atom. The number of hydrogen-bond acceptors (Lipinski definition) is 10. The van der Waals surface area contributed by atoms with Crippen LogP contribution in [0.4, 0.5) is 11.4 Å². The molecular weight excluding hydrogens is 741 g/mol. The summed E-state index contributed by atoms with van der Waals surface area (Å²) >= 11 is 0. The maximum Gasteiger partial charge on any atom is 0.255 e. The first-order valence-corrected chi connectivity index (χ1v) is 20.5. The third-order valence-electron chi connectivity index (χ3n) is 12.1. The molecule has 10 rings (SSSR count). The summed E-state index contributed by atoms with van der Waals surface area (Å²) in [7, 11) is 2.16. The molecule has 0 amide bonds. The summed E-state index contributed by atoms with van der Waals surface area (Å²) < 4.78 is 14.8. The smallest absolute Gasteiger partial charge is 0.255 e. The maximum atomic E-state index is 12.9. The van der Waals surface area contributed by atoms with Gasteiger partial charge in [-0.3, -0.25) is 23.3 Å². The second-order valence-electron chi connectivity index (χ2n) is 16.1. The minimum Gasteiger partial charge on any atom is -0.441 e. The molecule has 6 aromatic heterocycles. The van der Waals surface area contributed by atoms with E-state index in [-0.39, 0.29) is 11.1 Å². The van der Waals surface area contributed by atoms with Crippen LogP contribution in [0, 0.1) is 13.8 Å². The molecule has 2 aromatic carbocycles. The number of fused-ring (bicyclic) bond motifs is 4. The van der Waals surface area contributed by atoms with Crippen molar-refractivity contribution in [3.8, 4) is 22.3 Å². The molecule has 8 heterocycles. The van der Waals surface area contributed by atoms with E-state index in [9.17, 15) is 9.59 Å². The van der Waals surface area contributed by atoms with Crippen LogP contribution >= 0.6 is 0 Å². The van der Waals surface area contributed by atoms with E-state index >= 15 is 0 Å². The molecule has 59 heavy (non-hydrogen) atoms. The van der Waals surface area contributed by atoms with Gasteiger partial charge in [0.25, 0.3) is 11.1 Å². The normalized spacial score (nSPS) is 17.9. The van der Waals surface area contributed by atoms with Gasteiger partial charge in [-0.15, -0.1) is 0 Å². The number of benzene rings is 2. The van der Waals surface area contributed by atoms with Crippen molar-refractivity contribution in [1.29, 1.82) is 0 Å². The fourth-order valence-electron chi connectivity index (χ4n) is 8.55. The molecule has 0 unspecified atom stereocenters. The van der Waals surface area contributed by atoms with Gasteiger partial charge in [0.1, 0.15) is 11.0 Å². The van der Waals surface area contributed by atoms with Gasteiger partial charge in [-0.25, -0.2) is 9.97 Å². The standard InChI is InChI=1S/C24H26N4O2.C23H24N4O2/c1-4-26-9-10-27(14-16(26)2)21-7-6-20-11-19(13-24(29)28(20)15-21)18-5-8-22-23(12-18)30-17(3)25-22;1-15-13-26(9-8-25(15)3)20-6-5-19-10-18(12-23(28)27(19)14-20)17-4-7-21-22(11-17)29-16(2)24-21/h5-8,11-13,15-16H,4,9-10,14H2,1-3H3;4-7,10-12,14-15H,8-9,13H2,1-3H3/t16-;15-/m00/s1. The van der Waals surface area contributed by atoms with Crippen LogP contribution in [0.3, 0.4) is 0 Å². The van der Waals surface area contributed by atoms with Crippen LogP contribution in [-0.4, -0.2) is 93.5 Å².